The van der Waals surface area contributed by atoms with E-state index in [1.807, 2.05) is 0 Å². The molecule has 1 saturated heterocycles. The first kappa shape index (κ1) is 23.0. The van der Waals surface area contributed by atoms with Gasteiger partial charge < -0.3 is 9.15 Å². The molecule has 172 valence electrons. The van der Waals surface area contributed by atoms with E-state index in [0.717, 1.165) is 16.7 Å². The van der Waals surface area contributed by atoms with Crippen LogP contribution in [0, 0.1) is 10.1 Å². The number of carbonyl (C=O) groups excluding carboxylic acids is 3. The van der Waals surface area contributed by atoms with E-state index in [-0.39, 0.29) is 23.7 Å². The highest BCUT2D eigenvalue weighted by atomic mass is 32.2. The molecule has 9 nitrogen and oxygen atoms in total. The van der Waals surface area contributed by atoms with Gasteiger partial charge in [-0.25, -0.2) is 4.79 Å². The number of carbonyl (C=O) groups is 3. The summed E-state index contributed by atoms with van der Waals surface area (Å²) >= 11 is 0.790. The van der Waals surface area contributed by atoms with Gasteiger partial charge in [0.1, 0.15) is 11.5 Å². The molecule has 3 aromatic rings. The Morgan fingerprint density at radius 2 is 1.91 bits per heavy atom. The molecule has 1 fully saturated rings. The number of benzene rings is 2. The van der Waals surface area contributed by atoms with E-state index in [9.17, 15) is 24.5 Å². The fourth-order valence-corrected chi connectivity index (χ4v) is 4.09. The third-order valence-corrected chi connectivity index (χ3v) is 5.83. The Bertz CT molecular complexity index is 1310. The topological polar surface area (TPSA) is 120 Å². The summed E-state index contributed by atoms with van der Waals surface area (Å²) in [5.74, 6) is -0.0479. The Balaban J connectivity index is 1.49. The van der Waals surface area contributed by atoms with Gasteiger partial charge in [0.05, 0.1) is 28.5 Å². The van der Waals surface area contributed by atoms with Gasteiger partial charge in [0.15, 0.2) is 0 Å². The Kier molecular flexibility index (Phi) is 6.60. The summed E-state index contributed by atoms with van der Waals surface area (Å²) in [4.78, 5) is 48.7. The lowest BCUT2D eigenvalue weighted by molar-refractivity contribution is -0.384. The zero-order valence-electron chi connectivity index (χ0n) is 17.9. The number of furan rings is 1. The minimum absolute atomic E-state index is 0.00403. The molecule has 1 aliphatic rings. The van der Waals surface area contributed by atoms with Gasteiger partial charge >= 0.3 is 5.97 Å². The number of amides is 2. The molecule has 0 unspecified atom stereocenters. The van der Waals surface area contributed by atoms with Gasteiger partial charge in [-0.1, -0.05) is 24.3 Å². The molecule has 0 spiro atoms. The number of nitro benzene ring substituents is 1. The van der Waals surface area contributed by atoms with Gasteiger partial charge in [-0.15, -0.1) is 0 Å². The molecule has 2 amide bonds. The van der Waals surface area contributed by atoms with Crippen molar-refractivity contribution in [2.45, 2.75) is 13.5 Å². The third kappa shape index (κ3) is 4.91. The number of nitro groups is 1. The lowest BCUT2D eigenvalue weighted by Crippen LogP contribution is -2.27. The van der Waals surface area contributed by atoms with Crippen LogP contribution in [0.15, 0.2) is 70.0 Å². The van der Waals surface area contributed by atoms with Crippen LogP contribution >= 0.6 is 11.8 Å². The zero-order chi connectivity index (χ0) is 24.2. The third-order valence-electron chi connectivity index (χ3n) is 4.92. The van der Waals surface area contributed by atoms with Crippen molar-refractivity contribution in [1.82, 2.24) is 4.90 Å². The standard InChI is InChI=1S/C24H18N2O7S/c1-2-32-23(28)17-5-3-4-16(12-17)20-11-10-19(33-20)13-21-22(27)25(24(29)34-21)14-15-6-8-18(9-7-15)26(30)31/h3-13H,2,14H2,1H3/b21-13-. The van der Waals surface area contributed by atoms with Crippen LogP contribution < -0.4 is 0 Å². The number of ether oxygens (including phenoxy) is 1. The van der Waals surface area contributed by atoms with Crippen LogP contribution in [0.2, 0.25) is 0 Å². The number of thioether (sulfide) groups is 1. The van der Waals surface area contributed by atoms with Crippen molar-refractivity contribution in [1.29, 1.82) is 0 Å². The normalized spacial score (nSPS) is 14.6. The van der Waals surface area contributed by atoms with Crippen molar-refractivity contribution in [3.8, 4) is 11.3 Å². The molecular weight excluding hydrogens is 460 g/mol. The van der Waals surface area contributed by atoms with Crippen molar-refractivity contribution in [3.05, 3.63) is 92.6 Å². The average molecular weight is 478 g/mol. The molecule has 2 heterocycles. The van der Waals surface area contributed by atoms with E-state index in [1.54, 1.807) is 43.3 Å². The van der Waals surface area contributed by atoms with E-state index in [4.69, 9.17) is 9.15 Å². The van der Waals surface area contributed by atoms with E-state index >= 15 is 0 Å². The van der Waals surface area contributed by atoms with Gasteiger partial charge in [0, 0.05) is 23.8 Å². The van der Waals surface area contributed by atoms with E-state index in [0.29, 0.717) is 28.2 Å². The van der Waals surface area contributed by atoms with Crippen LogP contribution in [0.4, 0.5) is 10.5 Å². The minimum atomic E-state index is -0.517. The maximum atomic E-state index is 12.8. The summed E-state index contributed by atoms with van der Waals surface area (Å²) in [6.07, 6.45) is 1.49. The first-order valence-corrected chi connectivity index (χ1v) is 11.0. The van der Waals surface area contributed by atoms with Crippen molar-refractivity contribution in [2.24, 2.45) is 0 Å². The quantitative estimate of drug-likeness (QED) is 0.195. The number of non-ortho nitro benzene ring substituents is 1. The fraction of sp³-hybridized carbons (Fsp3) is 0.125. The predicted octanol–water partition coefficient (Wildman–Crippen LogP) is 5.27. The lowest BCUT2D eigenvalue weighted by atomic mass is 10.1. The summed E-state index contributed by atoms with van der Waals surface area (Å²) < 4.78 is 10.8. The van der Waals surface area contributed by atoms with Crippen LogP contribution in [-0.2, 0) is 16.1 Å². The highest BCUT2D eigenvalue weighted by molar-refractivity contribution is 8.18. The summed E-state index contributed by atoms with van der Waals surface area (Å²) in [7, 11) is 0. The molecule has 2 aromatic carbocycles. The molecular formula is C24H18N2O7S. The molecule has 1 aliphatic heterocycles. The molecule has 10 heteroatoms. The molecule has 0 radical (unpaired) electrons. The van der Waals surface area contributed by atoms with E-state index in [2.05, 4.69) is 0 Å². The SMILES string of the molecule is CCOC(=O)c1cccc(-c2ccc(/C=C3\SC(=O)N(Cc4ccc([N+](=O)[O-])cc4)C3=O)o2)c1. The molecule has 34 heavy (non-hydrogen) atoms. The number of esters is 1. The number of rotatable bonds is 7. The summed E-state index contributed by atoms with van der Waals surface area (Å²) in [5.41, 5.74) is 1.58. The Labute approximate surface area is 198 Å². The van der Waals surface area contributed by atoms with Gasteiger partial charge in [-0.05, 0) is 48.5 Å². The molecule has 4 rings (SSSR count). The summed E-state index contributed by atoms with van der Waals surface area (Å²) in [6, 6.07) is 15.8. The van der Waals surface area contributed by atoms with E-state index < -0.39 is 22.0 Å². The van der Waals surface area contributed by atoms with Crippen molar-refractivity contribution in [3.63, 3.8) is 0 Å². The Hall–Kier alpha value is -4.18. The smallest absolute Gasteiger partial charge is 0.338 e. The van der Waals surface area contributed by atoms with E-state index in [1.165, 1.54) is 30.3 Å². The second kappa shape index (κ2) is 9.75. The average Bonchev–Trinajstić information content (AvgIpc) is 3.40. The van der Waals surface area contributed by atoms with Crippen LogP contribution in [-0.4, -0.2) is 33.5 Å². The molecule has 0 atom stereocenters. The largest absolute Gasteiger partial charge is 0.462 e. The van der Waals surface area contributed by atoms with Crippen molar-refractivity contribution >= 4 is 40.6 Å². The second-order valence-corrected chi connectivity index (χ2v) is 8.19. The maximum absolute atomic E-state index is 12.8. The van der Waals surface area contributed by atoms with Gasteiger partial charge in [-0.2, -0.15) is 0 Å². The number of nitrogens with zero attached hydrogens (tertiary/aromatic N) is 2. The Morgan fingerprint density at radius 1 is 1.15 bits per heavy atom. The summed E-state index contributed by atoms with van der Waals surface area (Å²) in [6.45, 7) is 2.01. The number of imide groups is 1. The fourth-order valence-electron chi connectivity index (χ4n) is 3.27. The Morgan fingerprint density at radius 3 is 2.62 bits per heavy atom. The van der Waals surface area contributed by atoms with Crippen LogP contribution in [0.5, 0.6) is 0 Å². The minimum Gasteiger partial charge on any atom is -0.462 e. The highest BCUT2D eigenvalue weighted by Crippen LogP contribution is 2.34. The zero-order valence-corrected chi connectivity index (χ0v) is 18.7. The van der Waals surface area contributed by atoms with Gasteiger partial charge in [0.2, 0.25) is 0 Å². The lowest BCUT2D eigenvalue weighted by Gasteiger charge is -2.12. The number of hydrogen-bond acceptors (Lipinski definition) is 8. The highest BCUT2D eigenvalue weighted by Gasteiger charge is 2.35. The van der Waals surface area contributed by atoms with Crippen LogP contribution in [0.3, 0.4) is 0 Å². The number of hydrogen-bond donors (Lipinski definition) is 0. The van der Waals surface area contributed by atoms with Crippen molar-refractivity contribution in [2.75, 3.05) is 6.61 Å². The molecule has 0 aliphatic carbocycles. The van der Waals surface area contributed by atoms with Gasteiger partial charge in [-0.3, -0.25) is 24.6 Å². The first-order valence-electron chi connectivity index (χ1n) is 10.2. The first-order chi connectivity index (χ1) is 16.4. The van der Waals surface area contributed by atoms with Crippen molar-refractivity contribution < 1.29 is 28.5 Å². The maximum Gasteiger partial charge on any atom is 0.338 e. The van der Waals surface area contributed by atoms with Gasteiger partial charge in [0.25, 0.3) is 16.8 Å². The molecule has 1 aromatic heterocycles. The van der Waals surface area contributed by atoms with Crippen LogP contribution in [0.1, 0.15) is 28.6 Å². The monoisotopic (exact) mass is 478 g/mol. The van der Waals surface area contributed by atoms with Crippen LogP contribution in [0.25, 0.3) is 17.4 Å². The molecule has 0 bridgehead atoms. The molecule has 0 N–H and O–H groups in total. The summed E-state index contributed by atoms with van der Waals surface area (Å²) in [5, 5.41) is 10.3. The predicted molar refractivity (Wildman–Crippen MR) is 125 cm³/mol. The second-order valence-electron chi connectivity index (χ2n) is 7.19. The molecule has 0 saturated carbocycles.